The summed E-state index contributed by atoms with van der Waals surface area (Å²) in [6, 6.07) is 5.21. The van der Waals surface area contributed by atoms with Crippen LogP contribution in [0.4, 0.5) is 5.69 Å². The maximum atomic E-state index is 9.71. The summed E-state index contributed by atoms with van der Waals surface area (Å²) in [6.45, 7) is 0.428. The van der Waals surface area contributed by atoms with E-state index in [1.165, 1.54) is 0 Å². The van der Waals surface area contributed by atoms with Crippen molar-refractivity contribution in [2.45, 2.75) is 12.5 Å². The van der Waals surface area contributed by atoms with Gasteiger partial charge in [-0.1, -0.05) is 0 Å². The molecule has 0 heterocycles. The Labute approximate surface area is 83.5 Å². The monoisotopic (exact) mass is 196 g/mol. The van der Waals surface area contributed by atoms with Crippen LogP contribution in [0.5, 0.6) is 5.75 Å². The summed E-state index contributed by atoms with van der Waals surface area (Å²) in [7, 11) is 1.57. The van der Waals surface area contributed by atoms with E-state index in [0.29, 0.717) is 30.0 Å². The molecule has 4 heteroatoms. The summed E-state index contributed by atoms with van der Waals surface area (Å²) in [5, 5.41) is 9.71. The van der Waals surface area contributed by atoms with E-state index in [2.05, 4.69) is 0 Å². The number of nitrogens with two attached hydrogens (primary N) is 2. The van der Waals surface area contributed by atoms with Gasteiger partial charge < -0.3 is 21.3 Å². The van der Waals surface area contributed by atoms with Crippen molar-refractivity contribution in [3.8, 4) is 5.75 Å². The van der Waals surface area contributed by atoms with Gasteiger partial charge in [-0.2, -0.15) is 0 Å². The van der Waals surface area contributed by atoms with E-state index < -0.39 is 6.10 Å². The summed E-state index contributed by atoms with van der Waals surface area (Å²) >= 11 is 0. The topological polar surface area (TPSA) is 81.5 Å². The molecule has 14 heavy (non-hydrogen) atoms. The van der Waals surface area contributed by atoms with Crippen molar-refractivity contribution < 1.29 is 9.84 Å². The molecule has 78 valence electrons. The molecule has 0 aliphatic heterocycles. The summed E-state index contributed by atoms with van der Waals surface area (Å²) in [5.74, 6) is 0.685. The highest BCUT2D eigenvalue weighted by atomic mass is 16.5. The third-order valence-electron chi connectivity index (χ3n) is 2.09. The Morgan fingerprint density at radius 1 is 1.50 bits per heavy atom. The summed E-state index contributed by atoms with van der Waals surface area (Å²) in [5.41, 5.74) is 12.3. The first-order valence-corrected chi connectivity index (χ1v) is 4.50. The van der Waals surface area contributed by atoms with Gasteiger partial charge in [-0.05, 0) is 31.2 Å². The first kappa shape index (κ1) is 10.8. The number of ether oxygens (including phenoxy) is 1. The molecule has 0 aliphatic rings. The Morgan fingerprint density at radius 2 is 2.21 bits per heavy atom. The molecule has 1 aromatic rings. The lowest BCUT2D eigenvalue weighted by Crippen LogP contribution is -2.08. The van der Waals surface area contributed by atoms with Crippen molar-refractivity contribution in [3.05, 3.63) is 23.8 Å². The zero-order valence-electron chi connectivity index (χ0n) is 8.23. The fourth-order valence-corrected chi connectivity index (χ4v) is 1.28. The van der Waals surface area contributed by atoms with Gasteiger partial charge in [0, 0.05) is 11.3 Å². The minimum absolute atomic E-state index is 0.428. The number of benzene rings is 1. The minimum atomic E-state index is -0.616. The molecular formula is C10H16N2O2. The van der Waals surface area contributed by atoms with E-state index in [9.17, 15) is 5.11 Å². The molecule has 1 rings (SSSR count). The van der Waals surface area contributed by atoms with Gasteiger partial charge in [0.05, 0.1) is 13.2 Å². The lowest BCUT2D eigenvalue weighted by molar-refractivity contribution is 0.170. The molecule has 1 aromatic carbocycles. The molecule has 0 spiro atoms. The van der Waals surface area contributed by atoms with Crippen LogP contribution in [-0.2, 0) is 0 Å². The van der Waals surface area contributed by atoms with Crippen molar-refractivity contribution in [2.24, 2.45) is 5.73 Å². The van der Waals surface area contributed by atoms with Crippen LogP contribution in [0, 0.1) is 0 Å². The lowest BCUT2D eigenvalue weighted by Gasteiger charge is -2.13. The Bertz CT molecular complexity index is 302. The molecule has 5 N–H and O–H groups in total. The number of rotatable bonds is 4. The second-order valence-electron chi connectivity index (χ2n) is 3.09. The molecule has 0 aliphatic carbocycles. The van der Waals surface area contributed by atoms with Crippen molar-refractivity contribution in [1.29, 1.82) is 0 Å². The molecule has 0 radical (unpaired) electrons. The molecule has 0 saturated carbocycles. The maximum Gasteiger partial charge on any atom is 0.119 e. The van der Waals surface area contributed by atoms with Gasteiger partial charge in [0.1, 0.15) is 5.75 Å². The van der Waals surface area contributed by atoms with Crippen molar-refractivity contribution in [3.63, 3.8) is 0 Å². The van der Waals surface area contributed by atoms with Crippen LogP contribution in [0.1, 0.15) is 18.1 Å². The predicted molar refractivity (Wildman–Crippen MR) is 56.0 cm³/mol. The molecular weight excluding hydrogens is 180 g/mol. The van der Waals surface area contributed by atoms with Crippen LogP contribution in [0.2, 0.25) is 0 Å². The van der Waals surface area contributed by atoms with Crippen LogP contribution >= 0.6 is 0 Å². The van der Waals surface area contributed by atoms with Crippen LogP contribution < -0.4 is 16.2 Å². The van der Waals surface area contributed by atoms with Gasteiger partial charge >= 0.3 is 0 Å². The number of aliphatic hydroxyl groups excluding tert-OH is 1. The summed E-state index contributed by atoms with van der Waals surface area (Å²) in [6.07, 6.45) is -0.118. The van der Waals surface area contributed by atoms with Gasteiger partial charge in [-0.3, -0.25) is 0 Å². The largest absolute Gasteiger partial charge is 0.497 e. The Kier molecular flexibility index (Phi) is 3.73. The van der Waals surface area contributed by atoms with E-state index in [0.717, 1.165) is 0 Å². The zero-order valence-corrected chi connectivity index (χ0v) is 8.23. The fourth-order valence-electron chi connectivity index (χ4n) is 1.28. The highest BCUT2D eigenvalue weighted by molar-refractivity contribution is 5.51. The second-order valence-corrected chi connectivity index (χ2v) is 3.09. The highest BCUT2D eigenvalue weighted by Crippen LogP contribution is 2.26. The van der Waals surface area contributed by atoms with Gasteiger partial charge in [-0.15, -0.1) is 0 Å². The summed E-state index contributed by atoms with van der Waals surface area (Å²) < 4.78 is 5.04. The lowest BCUT2D eigenvalue weighted by atomic mass is 10.0. The smallest absolute Gasteiger partial charge is 0.119 e. The molecule has 0 fully saturated rings. The summed E-state index contributed by atoms with van der Waals surface area (Å²) in [4.78, 5) is 0. The van der Waals surface area contributed by atoms with Crippen LogP contribution in [0.15, 0.2) is 18.2 Å². The van der Waals surface area contributed by atoms with Crippen LogP contribution in [0.25, 0.3) is 0 Å². The molecule has 0 bridgehead atoms. The van der Waals surface area contributed by atoms with E-state index in [1.807, 2.05) is 0 Å². The molecule has 0 amide bonds. The third-order valence-corrected chi connectivity index (χ3v) is 2.09. The molecule has 1 unspecified atom stereocenters. The van der Waals surface area contributed by atoms with E-state index in [-0.39, 0.29) is 0 Å². The number of nitrogen functional groups attached to an aromatic ring is 1. The second kappa shape index (κ2) is 4.83. The molecule has 0 saturated heterocycles. The Morgan fingerprint density at radius 3 is 2.79 bits per heavy atom. The van der Waals surface area contributed by atoms with Gasteiger partial charge in [0.25, 0.3) is 0 Å². The average Bonchev–Trinajstić information content (AvgIpc) is 2.19. The number of anilines is 1. The maximum absolute atomic E-state index is 9.71. The van der Waals surface area contributed by atoms with Crippen LogP contribution in [0.3, 0.4) is 0 Å². The van der Waals surface area contributed by atoms with Crippen molar-refractivity contribution in [1.82, 2.24) is 0 Å². The first-order chi connectivity index (χ1) is 6.69. The number of hydrogen-bond donors (Lipinski definition) is 3. The molecule has 0 aromatic heterocycles. The highest BCUT2D eigenvalue weighted by Gasteiger charge is 2.10. The standard InChI is InChI=1S/C10H16N2O2/c1-14-7-2-3-9(12)8(6-7)10(13)4-5-11/h2-3,6,10,13H,4-5,11-12H2,1H3. The van der Waals surface area contributed by atoms with Crippen molar-refractivity contribution in [2.75, 3.05) is 19.4 Å². The predicted octanol–water partition coefficient (Wildman–Crippen LogP) is 0.660. The van der Waals surface area contributed by atoms with E-state index >= 15 is 0 Å². The molecule has 1 atom stereocenters. The fraction of sp³-hybridized carbons (Fsp3) is 0.400. The SMILES string of the molecule is COc1ccc(N)c(C(O)CCN)c1. The zero-order chi connectivity index (χ0) is 10.6. The van der Waals surface area contributed by atoms with Crippen molar-refractivity contribution >= 4 is 5.69 Å². The van der Waals surface area contributed by atoms with Gasteiger partial charge in [-0.25, -0.2) is 0 Å². The average molecular weight is 196 g/mol. The minimum Gasteiger partial charge on any atom is -0.497 e. The normalized spacial score (nSPS) is 12.5. The Hall–Kier alpha value is -1.26. The van der Waals surface area contributed by atoms with Crippen LogP contribution in [-0.4, -0.2) is 18.8 Å². The van der Waals surface area contributed by atoms with Gasteiger partial charge in [0.2, 0.25) is 0 Å². The molecule has 4 nitrogen and oxygen atoms in total. The quantitative estimate of drug-likeness (QED) is 0.618. The van der Waals surface area contributed by atoms with E-state index in [4.69, 9.17) is 16.2 Å². The number of aliphatic hydroxyl groups is 1. The number of hydrogen-bond acceptors (Lipinski definition) is 4. The third kappa shape index (κ3) is 2.37. The first-order valence-electron chi connectivity index (χ1n) is 4.50. The number of methoxy groups -OCH3 is 1. The Balaban J connectivity index is 2.93. The van der Waals surface area contributed by atoms with E-state index in [1.54, 1.807) is 25.3 Å². The van der Waals surface area contributed by atoms with Gasteiger partial charge in [0.15, 0.2) is 0 Å².